The van der Waals surface area contributed by atoms with Gasteiger partial charge in [-0.3, -0.25) is 4.79 Å². The van der Waals surface area contributed by atoms with Crippen molar-refractivity contribution >= 4 is 17.4 Å². The third kappa shape index (κ3) is 2.55. The highest BCUT2D eigenvalue weighted by Crippen LogP contribution is 2.35. The van der Waals surface area contributed by atoms with Crippen LogP contribution in [0.2, 0.25) is 5.02 Å². The van der Waals surface area contributed by atoms with E-state index in [9.17, 15) is 4.79 Å². The van der Waals surface area contributed by atoms with Gasteiger partial charge in [0.2, 0.25) is 0 Å². The number of para-hydroxylation sites is 1. The molecule has 4 rings (SSSR count). The maximum absolute atomic E-state index is 12.7. The fraction of sp³-hybridized carbons (Fsp3) is 0.200. The number of Topliss-reactive ketones (excluding diaryl/α,β-unsaturated/α-hetero) is 1. The number of ketones is 1. The summed E-state index contributed by atoms with van der Waals surface area (Å²) in [5.41, 5.74) is 4.70. The lowest BCUT2D eigenvalue weighted by Crippen LogP contribution is -2.20. The third-order valence-electron chi connectivity index (χ3n) is 4.63. The summed E-state index contributed by atoms with van der Waals surface area (Å²) in [4.78, 5) is 12.7. The third-order valence-corrected chi connectivity index (χ3v) is 4.86. The summed E-state index contributed by atoms with van der Waals surface area (Å²) in [7, 11) is 0. The Morgan fingerprint density at radius 1 is 1.08 bits per heavy atom. The van der Waals surface area contributed by atoms with E-state index in [1.807, 2.05) is 66.2 Å². The molecule has 0 fully saturated rings. The quantitative estimate of drug-likeness (QED) is 0.677. The molecule has 0 N–H and O–H groups in total. The SMILES string of the molecule is Cc1nn(-c2ccccc2)c2c1C(=O)C[C@H](c1cccc(Cl)c1)C2. The van der Waals surface area contributed by atoms with E-state index in [4.69, 9.17) is 11.6 Å². The van der Waals surface area contributed by atoms with Crippen LogP contribution >= 0.6 is 11.6 Å². The predicted molar refractivity (Wildman–Crippen MR) is 95.1 cm³/mol. The van der Waals surface area contributed by atoms with Crippen LogP contribution in [0, 0.1) is 6.92 Å². The molecule has 120 valence electrons. The van der Waals surface area contributed by atoms with Crippen molar-refractivity contribution in [3.05, 3.63) is 82.1 Å². The van der Waals surface area contributed by atoms with Crippen LogP contribution in [0.1, 0.15) is 39.6 Å². The highest BCUT2D eigenvalue weighted by Gasteiger charge is 2.32. The molecule has 0 saturated carbocycles. The molecule has 2 aromatic carbocycles. The Morgan fingerprint density at radius 3 is 2.62 bits per heavy atom. The van der Waals surface area contributed by atoms with Crippen molar-refractivity contribution in [1.82, 2.24) is 9.78 Å². The number of rotatable bonds is 2. The molecule has 0 bridgehead atoms. The molecule has 0 saturated heterocycles. The van der Waals surface area contributed by atoms with Gasteiger partial charge in [-0.2, -0.15) is 5.10 Å². The number of aryl methyl sites for hydroxylation is 1. The van der Waals surface area contributed by atoms with E-state index in [2.05, 4.69) is 5.10 Å². The molecule has 0 unspecified atom stereocenters. The monoisotopic (exact) mass is 336 g/mol. The minimum absolute atomic E-state index is 0.141. The van der Waals surface area contributed by atoms with Gasteiger partial charge in [-0.25, -0.2) is 4.68 Å². The molecule has 0 radical (unpaired) electrons. The van der Waals surface area contributed by atoms with Gasteiger partial charge < -0.3 is 0 Å². The topological polar surface area (TPSA) is 34.9 Å². The first-order chi connectivity index (χ1) is 11.6. The number of aromatic nitrogens is 2. The molecule has 0 spiro atoms. The standard InChI is InChI=1S/C20H17ClN2O/c1-13-20-18(23(22-13)17-8-3-2-4-9-17)11-15(12-19(20)24)14-6-5-7-16(21)10-14/h2-10,15H,11-12H2,1H3/t15-/m1/s1. The smallest absolute Gasteiger partial charge is 0.167 e. The van der Waals surface area contributed by atoms with Gasteiger partial charge in [0.05, 0.1) is 22.6 Å². The lowest BCUT2D eigenvalue weighted by Gasteiger charge is -2.23. The Hall–Kier alpha value is -2.39. The number of nitrogens with zero attached hydrogens (tertiary/aromatic N) is 2. The fourth-order valence-corrected chi connectivity index (χ4v) is 3.74. The summed E-state index contributed by atoms with van der Waals surface area (Å²) in [6, 6.07) is 17.8. The molecule has 4 heteroatoms. The van der Waals surface area contributed by atoms with Crippen LogP contribution < -0.4 is 0 Å². The van der Waals surface area contributed by atoms with Crippen LogP contribution in [0.25, 0.3) is 5.69 Å². The van der Waals surface area contributed by atoms with Crippen molar-refractivity contribution in [2.45, 2.75) is 25.7 Å². The maximum Gasteiger partial charge on any atom is 0.167 e. The number of benzene rings is 2. The Kier molecular flexibility index (Phi) is 3.73. The lowest BCUT2D eigenvalue weighted by atomic mass is 9.81. The Morgan fingerprint density at radius 2 is 1.88 bits per heavy atom. The summed E-state index contributed by atoms with van der Waals surface area (Å²) < 4.78 is 1.92. The summed E-state index contributed by atoms with van der Waals surface area (Å²) >= 11 is 6.13. The zero-order valence-electron chi connectivity index (χ0n) is 13.4. The highest BCUT2D eigenvalue weighted by atomic mass is 35.5. The van der Waals surface area contributed by atoms with Crippen molar-refractivity contribution in [2.75, 3.05) is 0 Å². The molecule has 3 nitrogen and oxygen atoms in total. The van der Waals surface area contributed by atoms with Gasteiger partial charge in [-0.1, -0.05) is 41.9 Å². The van der Waals surface area contributed by atoms with E-state index >= 15 is 0 Å². The highest BCUT2D eigenvalue weighted by molar-refractivity contribution is 6.30. The van der Waals surface area contributed by atoms with Crippen LogP contribution in [0.5, 0.6) is 0 Å². The van der Waals surface area contributed by atoms with Crippen LogP contribution in [0.3, 0.4) is 0 Å². The average Bonchev–Trinajstić information content (AvgIpc) is 2.93. The van der Waals surface area contributed by atoms with Crippen molar-refractivity contribution in [1.29, 1.82) is 0 Å². The maximum atomic E-state index is 12.7. The van der Waals surface area contributed by atoms with E-state index in [-0.39, 0.29) is 11.7 Å². The second-order valence-electron chi connectivity index (χ2n) is 6.24. The molecule has 24 heavy (non-hydrogen) atoms. The first kappa shape index (κ1) is 15.2. The second-order valence-corrected chi connectivity index (χ2v) is 6.67. The number of hydrogen-bond donors (Lipinski definition) is 0. The van der Waals surface area contributed by atoms with Gasteiger partial charge in [0.1, 0.15) is 0 Å². The van der Waals surface area contributed by atoms with Crippen LogP contribution in [-0.4, -0.2) is 15.6 Å². The summed E-state index contributed by atoms with van der Waals surface area (Å²) in [5.74, 6) is 0.308. The van der Waals surface area contributed by atoms with Crippen molar-refractivity contribution in [3.8, 4) is 5.69 Å². The van der Waals surface area contributed by atoms with E-state index in [0.29, 0.717) is 11.4 Å². The van der Waals surface area contributed by atoms with Gasteiger partial charge in [0.25, 0.3) is 0 Å². The molecule has 1 aliphatic rings. The van der Waals surface area contributed by atoms with Crippen molar-refractivity contribution < 1.29 is 4.79 Å². The molecule has 0 amide bonds. The second kappa shape index (κ2) is 5.91. The van der Waals surface area contributed by atoms with E-state index in [1.165, 1.54) is 0 Å². The van der Waals surface area contributed by atoms with Gasteiger partial charge in [0.15, 0.2) is 5.78 Å². The zero-order chi connectivity index (χ0) is 16.7. The molecule has 1 aliphatic carbocycles. The lowest BCUT2D eigenvalue weighted by molar-refractivity contribution is 0.0963. The average molecular weight is 337 g/mol. The molecular formula is C20H17ClN2O. The fourth-order valence-electron chi connectivity index (χ4n) is 3.54. The molecule has 1 atom stereocenters. The summed E-state index contributed by atoms with van der Waals surface area (Å²) in [6.45, 7) is 1.91. The van der Waals surface area contributed by atoms with E-state index < -0.39 is 0 Å². The number of hydrogen-bond acceptors (Lipinski definition) is 2. The van der Waals surface area contributed by atoms with Crippen molar-refractivity contribution in [3.63, 3.8) is 0 Å². The Bertz CT molecular complexity index is 915. The zero-order valence-corrected chi connectivity index (χ0v) is 14.1. The molecule has 1 heterocycles. The first-order valence-corrected chi connectivity index (χ1v) is 8.44. The number of halogens is 1. The largest absolute Gasteiger partial charge is 0.294 e. The van der Waals surface area contributed by atoms with Gasteiger partial charge in [-0.15, -0.1) is 0 Å². The summed E-state index contributed by atoms with van der Waals surface area (Å²) in [5, 5.41) is 5.34. The van der Waals surface area contributed by atoms with Gasteiger partial charge >= 0.3 is 0 Å². The van der Waals surface area contributed by atoms with Crippen molar-refractivity contribution in [2.24, 2.45) is 0 Å². The first-order valence-electron chi connectivity index (χ1n) is 8.06. The van der Waals surface area contributed by atoms with E-state index in [1.54, 1.807) is 0 Å². The number of carbonyl (C=O) groups excluding carboxylic acids is 1. The Balaban J connectivity index is 1.80. The molecule has 3 aromatic rings. The van der Waals surface area contributed by atoms with Gasteiger partial charge in [-0.05, 0) is 49.1 Å². The number of carbonyl (C=O) groups is 1. The summed E-state index contributed by atoms with van der Waals surface area (Å²) in [6.07, 6.45) is 1.30. The molecular weight excluding hydrogens is 320 g/mol. The van der Waals surface area contributed by atoms with Gasteiger partial charge in [0, 0.05) is 11.4 Å². The normalized spacial score (nSPS) is 16.9. The number of fused-ring (bicyclic) bond motifs is 1. The van der Waals surface area contributed by atoms with E-state index in [0.717, 1.165) is 34.6 Å². The van der Waals surface area contributed by atoms with Crippen LogP contribution in [0.15, 0.2) is 54.6 Å². The minimum Gasteiger partial charge on any atom is -0.294 e. The molecule has 1 aromatic heterocycles. The van der Waals surface area contributed by atoms with Crippen LogP contribution in [-0.2, 0) is 6.42 Å². The Labute approximate surface area is 145 Å². The predicted octanol–water partition coefficient (Wildman–Crippen LogP) is 4.75. The molecule has 0 aliphatic heterocycles. The van der Waals surface area contributed by atoms with Crippen LogP contribution in [0.4, 0.5) is 0 Å². The minimum atomic E-state index is 0.141.